The molecule has 4 rings (SSSR count). The van der Waals surface area contributed by atoms with E-state index in [1.54, 1.807) is 19.6 Å². The Bertz CT molecular complexity index is 917. The van der Waals surface area contributed by atoms with E-state index in [1.807, 2.05) is 30.7 Å². The van der Waals surface area contributed by atoms with Crippen molar-refractivity contribution in [3.8, 4) is 5.75 Å². The molecule has 0 unspecified atom stereocenters. The van der Waals surface area contributed by atoms with Gasteiger partial charge in [-0.3, -0.25) is 14.6 Å². The number of carbonyl (C=O) groups excluding carboxylic acids is 2. The summed E-state index contributed by atoms with van der Waals surface area (Å²) < 4.78 is 8.03. The Labute approximate surface area is 176 Å². The van der Waals surface area contributed by atoms with Crippen LogP contribution < -0.4 is 10.1 Å². The minimum atomic E-state index is -0.718. The summed E-state index contributed by atoms with van der Waals surface area (Å²) in [6, 6.07) is 6.05. The Morgan fingerprint density at radius 1 is 1.20 bits per heavy atom. The zero-order valence-electron chi connectivity index (χ0n) is 17.8. The van der Waals surface area contributed by atoms with Gasteiger partial charge in [-0.05, 0) is 44.4 Å². The molecule has 30 heavy (non-hydrogen) atoms. The second-order valence-electron chi connectivity index (χ2n) is 8.50. The molecule has 0 bridgehead atoms. The number of piperidine rings is 1. The molecule has 0 radical (unpaired) electrons. The van der Waals surface area contributed by atoms with E-state index in [-0.39, 0.29) is 18.0 Å². The van der Waals surface area contributed by atoms with Crippen LogP contribution in [0.3, 0.4) is 0 Å². The first-order chi connectivity index (χ1) is 14.4. The predicted octanol–water partition coefficient (Wildman–Crippen LogP) is 2.23. The van der Waals surface area contributed by atoms with E-state index in [2.05, 4.69) is 27.3 Å². The van der Waals surface area contributed by atoms with Gasteiger partial charge in [0, 0.05) is 44.6 Å². The number of likely N-dealkylation sites (N-methyl/N-ethyl adjacent to an activating group) is 1. The number of nitrogens with one attached hydrogen (secondary N) is 1. The number of amides is 3. The minimum Gasteiger partial charge on any atom is -0.491 e. The second kappa shape index (κ2) is 8.10. The Kier molecular flexibility index (Phi) is 5.51. The van der Waals surface area contributed by atoms with Crippen LogP contribution in [0.25, 0.3) is 0 Å². The number of hydrogen-bond acceptors (Lipinski definition) is 5. The monoisotopic (exact) mass is 411 g/mol. The van der Waals surface area contributed by atoms with Crippen LogP contribution in [0.4, 0.5) is 4.79 Å². The molecule has 160 valence electrons. The molecule has 1 aromatic carbocycles. The van der Waals surface area contributed by atoms with Crippen molar-refractivity contribution in [2.75, 3.05) is 20.1 Å². The molecule has 0 saturated carbocycles. The van der Waals surface area contributed by atoms with Gasteiger partial charge in [-0.2, -0.15) is 0 Å². The van der Waals surface area contributed by atoms with Crippen LogP contribution in [0.1, 0.15) is 37.8 Å². The number of ether oxygens (including phenoxy) is 1. The zero-order chi connectivity index (χ0) is 21.3. The van der Waals surface area contributed by atoms with Gasteiger partial charge in [0.05, 0.1) is 19.0 Å². The first-order valence-corrected chi connectivity index (χ1v) is 10.4. The van der Waals surface area contributed by atoms with Crippen LogP contribution >= 0.6 is 0 Å². The van der Waals surface area contributed by atoms with Crippen LogP contribution in [0.15, 0.2) is 36.9 Å². The van der Waals surface area contributed by atoms with Crippen molar-refractivity contribution in [1.82, 2.24) is 24.7 Å². The van der Waals surface area contributed by atoms with Gasteiger partial charge in [-0.25, -0.2) is 9.78 Å². The Balaban J connectivity index is 1.45. The van der Waals surface area contributed by atoms with Crippen molar-refractivity contribution < 1.29 is 14.3 Å². The molecule has 8 heteroatoms. The number of likely N-dealkylation sites (tertiary alicyclic amines) is 1. The molecule has 0 atom stereocenters. The number of rotatable bonds is 6. The molecule has 1 N–H and O–H groups in total. The third kappa shape index (κ3) is 4.05. The van der Waals surface area contributed by atoms with Gasteiger partial charge in [0.2, 0.25) is 0 Å². The predicted molar refractivity (Wildman–Crippen MR) is 112 cm³/mol. The lowest BCUT2D eigenvalue weighted by atomic mass is 9.87. The average Bonchev–Trinajstić information content (AvgIpc) is 3.29. The van der Waals surface area contributed by atoms with Crippen molar-refractivity contribution in [3.63, 3.8) is 0 Å². The van der Waals surface area contributed by atoms with E-state index >= 15 is 0 Å². The highest BCUT2D eigenvalue weighted by Gasteiger charge is 2.50. The van der Waals surface area contributed by atoms with E-state index in [9.17, 15) is 9.59 Å². The van der Waals surface area contributed by atoms with Crippen molar-refractivity contribution >= 4 is 11.9 Å². The molecule has 1 aromatic heterocycles. The van der Waals surface area contributed by atoms with E-state index in [0.717, 1.165) is 30.9 Å². The Hall–Kier alpha value is -2.87. The van der Waals surface area contributed by atoms with Crippen molar-refractivity contribution in [2.45, 2.75) is 51.4 Å². The molecule has 1 spiro atoms. The first kappa shape index (κ1) is 20.4. The molecule has 0 aliphatic carbocycles. The van der Waals surface area contributed by atoms with Crippen molar-refractivity contribution in [2.24, 2.45) is 0 Å². The Morgan fingerprint density at radius 2 is 1.97 bits per heavy atom. The number of benzene rings is 1. The smallest absolute Gasteiger partial charge is 0.324 e. The molecule has 2 saturated heterocycles. The fraction of sp³-hybridized carbons (Fsp3) is 0.500. The molecule has 2 aromatic rings. The van der Waals surface area contributed by atoms with Crippen LogP contribution in [0.2, 0.25) is 0 Å². The third-order valence-corrected chi connectivity index (χ3v) is 5.88. The molecule has 2 aliphatic rings. The quantitative estimate of drug-likeness (QED) is 0.738. The molecule has 3 heterocycles. The average molecular weight is 412 g/mol. The summed E-state index contributed by atoms with van der Waals surface area (Å²) in [5, 5.41) is 2.90. The van der Waals surface area contributed by atoms with E-state index in [4.69, 9.17) is 4.74 Å². The SMILES string of the molecule is CC(C)Oc1ccc(CN2CCC3(CC2)NC(=O)N(C)C3=O)cc1Cn1ccnc1. The molecule has 3 amide bonds. The number of imidazole rings is 1. The minimum absolute atomic E-state index is 0.105. The van der Waals surface area contributed by atoms with Gasteiger partial charge in [0.25, 0.3) is 5.91 Å². The van der Waals surface area contributed by atoms with Crippen LogP contribution in [-0.4, -0.2) is 63.1 Å². The highest BCUT2D eigenvalue weighted by atomic mass is 16.5. The van der Waals surface area contributed by atoms with Crippen LogP contribution in [-0.2, 0) is 17.9 Å². The largest absolute Gasteiger partial charge is 0.491 e. The van der Waals surface area contributed by atoms with Gasteiger partial charge in [-0.1, -0.05) is 6.07 Å². The molecule has 8 nitrogen and oxygen atoms in total. The maximum absolute atomic E-state index is 12.5. The van der Waals surface area contributed by atoms with E-state index < -0.39 is 5.54 Å². The zero-order valence-corrected chi connectivity index (χ0v) is 17.8. The number of aromatic nitrogens is 2. The summed E-state index contributed by atoms with van der Waals surface area (Å²) in [6.07, 6.45) is 6.90. The van der Waals surface area contributed by atoms with Crippen LogP contribution in [0, 0.1) is 0 Å². The number of urea groups is 1. The Morgan fingerprint density at radius 3 is 2.57 bits per heavy atom. The maximum Gasteiger partial charge on any atom is 0.324 e. The van der Waals surface area contributed by atoms with E-state index in [0.29, 0.717) is 19.4 Å². The number of hydrogen-bond donors (Lipinski definition) is 1. The summed E-state index contributed by atoms with van der Waals surface area (Å²) >= 11 is 0. The van der Waals surface area contributed by atoms with Gasteiger partial charge in [0.1, 0.15) is 11.3 Å². The molecular weight excluding hydrogens is 382 g/mol. The van der Waals surface area contributed by atoms with Crippen molar-refractivity contribution in [3.05, 3.63) is 48.0 Å². The normalized spacial score (nSPS) is 19.0. The standard InChI is InChI=1S/C22H29N5O3/c1-16(2)30-19-5-4-17(12-18(19)14-27-11-8-23-15-27)13-26-9-6-22(7-10-26)20(28)25(3)21(29)24-22/h4-5,8,11-12,15-16H,6-7,9-10,13-14H2,1-3H3,(H,24,29). The van der Waals surface area contributed by atoms with Gasteiger partial charge in [-0.15, -0.1) is 0 Å². The number of nitrogens with zero attached hydrogens (tertiary/aromatic N) is 4. The van der Waals surface area contributed by atoms with Gasteiger partial charge >= 0.3 is 6.03 Å². The first-order valence-electron chi connectivity index (χ1n) is 10.4. The van der Waals surface area contributed by atoms with E-state index in [1.165, 1.54) is 10.5 Å². The molecule has 2 aliphatic heterocycles. The van der Waals surface area contributed by atoms with Gasteiger partial charge in [0.15, 0.2) is 0 Å². The fourth-order valence-corrected chi connectivity index (χ4v) is 4.25. The van der Waals surface area contributed by atoms with Gasteiger partial charge < -0.3 is 14.6 Å². The summed E-state index contributed by atoms with van der Waals surface area (Å²) in [4.78, 5) is 32.0. The second-order valence-corrected chi connectivity index (χ2v) is 8.50. The lowest BCUT2D eigenvalue weighted by molar-refractivity contribution is -0.132. The van der Waals surface area contributed by atoms with Crippen molar-refractivity contribution in [1.29, 1.82) is 0 Å². The lowest BCUT2D eigenvalue weighted by Gasteiger charge is -2.37. The van der Waals surface area contributed by atoms with Crippen LogP contribution in [0.5, 0.6) is 5.75 Å². The highest BCUT2D eigenvalue weighted by molar-refractivity contribution is 6.06. The summed E-state index contributed by atoms with van der Waals surface area (Å²) in [5.41, 5.74) is 1.60. The lowest BCUT2D eigenvalue weighted by Crippen LogP contribution is -2.54. The summed E-state index contributed by atoms with van der Waals surface area (Å²) in [7, 11) is 1.54. The topological polar surface area (TPSA) is 79.7 Å². The highest BCUT2D eigenvalue weighted by Crippen LogP contribution is 2.30. The summed E-state index contributed by atoms with van der Waals surface area (Å²) in [5.74, 6) is 0.785. The number of carbonyl (C=O) groups is 2. The number of imide groups is 1. The fourth-order valence-electron chi connectivity index (χ4n) is 4.25. The molecular formula is C22H29N5O3. The summed E-state index contributed by atoms with van der Waals surface area (Å²) in [6.45, 7) is 7.08. The maximum atomic E-state index is 12.5. The third-order valence-electron chi connectivity index (χ3n) is 5.88. The molecule has 2 fully saturated rings.